The van der Waals surface area contributed by atoms with Gasteiger partial charge in [0, 0.05) is 17.7 Å². The molecule has 3 N–H and O–H groups in total. The Morgan fingerprint density at radius 3 is 2.48 bits per heavy atom. The standard InChI is InChI=1S/C23H20FN3O2/c24-19-6-2-1-5-18(19)16-10-8-15(9-11-16)4-3-7-22(28)25-17-12-13-20-21(14-17)27-23(29)26-20/h1-2,5-6,8-14H,3-4,7H2,(H,25,28)(H2,26,27,29). The molecule has 5 nitrogen and oxygen atoms in total. The van der Waals surface area contributed by atoms with Crippen LogP contribution >= 0.6 is 0 Å². The summed E-state index contributed by atoms with van der Waals surface area (Å²) in [5, 5.41) is 2.85. The molecule has 0 bridgehead atoms. The minimum Gasteiger partial charge on any atom is -0.326 e. The van der Waals surface area contributed by atoms with E-state index in [9.17, 15) is 14.0 Å². The Hall–Kier alpha value is -3.67. The van der Waals surface area contributed by atoms with Crippen molar-refractivity contribution in [2.75, 3.05) is 5.32 Å². The molecule has 146 valence electrons. The van der Waals surface area contributed by atoms with Crippen LogP contribution in [0.4, 0.5) is 10.1 Å². The van der Waals surface area contributed by atoms with E-state index < -0.39 is 0 Å². The molecule has 4 aromatic rings. The van der Waals surface area contributed by atoms with Crippen LogP contribution in [0.15, 0.2) is 71.5 Å². The van der Waals surface area contributed by atoms with Gasteiger partial charge in [-0.15, -0.1) is 0 Å². The Balaban J connectivity index is 1.30. The van der Waals surface area contributed by atoms with Crippen LogP contribution in [0, 0.1) is 5.82 Å². The molecule has 1 aromatic heterocycles. The fourth-order valence-corrected chi connectivity index (χ4v) is 3.33. The summed E-state index contributed by atoms with van der Waals surface area (Å²) in [5.74, 6) is -0.316. The predicted octanol–water partition coefficient (Wildman–Crippen LogP) is 4.62. The second kappa shape index (κ2) is 8.14. The van der Waals surface area contributed by atoms with Gasteiger partial charge in [-0.2, -0.15) is 0 Å². The number of aromatic nitrogens is 2. The molecule has 0 fully saturated rings. The fourth-order valence-electron chi connectivity index (χ4n) is 3.33. The molecule has 0 spiro atoms. The zero-order chi connectivity index (χ0) is 20.2. The number of carbonyl (C=O) groups is 1. The molecule has 0 radical (unpaired) electrons. The van der Waals surface area contributed by atoms with Crippen molar-refractivity contribution in [2.24, 2.45) is 0 Å². The van der Waals surface area contributed by atoms with Crippen LogP contribution in [0.3, 0.4) is 0 Å². The molecule has 0 aliphatic heterocycles. The number of rotatable bonds is 6. The first-order valence-corrected chi connectivity index (χ1v) is 9.44. The average molecular weight is 389 g/mol. The van der Waals surface area contributed by atoms with E-state index in [0.717, 1.165) is 17.5 Å². The van der Waals surface area contributed by atoms with Crippen molar-refractivity contribution in [3.63, 3.8) is 0 Å². The molecule has 0 saturated heterocycles. The Labute approximate surface area is 166 Å². The first-order chi connectivity index (χ1) is 14.1. The minimum absolute atomic E-state index is 0.0785. The maximum Gasteiger partial charge on any atom is 0.323 e. The number of nitrogens with one attached hydrogen (secondary N) is 3. The summed E-state index contributed by atoms with van der Waals surface area (Å²) in [6.07, 6.45) is 1.85. The smallest absolute Gasteiger partial charge is 0.323 e. The normalized spacial score (nSPS) is 10.9. The maximum absolute atomic E-state index is 13.9. The summed E-state index contributed by atoms with van der Waals surface area (Å²) in [4.78, 5) is 28.8. The van der Waals surface area contributed by atoms with Crippen molar-refractivity contribution < 1.29 is 9.18 Å². The van der Waals surface area contributed by atoms with Gasteiger partial charge >= 0.3 is 5.69 Å². The van der Waals surface area contributed by atoms with Gasteiger partial charge in [-0.05, 0) is 48.2 Å². The first-order valence-electron chi connectivity index (χ1n) is 9.44. The number of fused-ring (bicyclic) bond motifs is 1. The van der Waals surface area contributed by atoms with Gasteiger partial charge in [0.1, 0.15) is 5.82 Å². The quantitative estimate of drug-likeness (QED) is 0.450. The number of amides is 1. The molecule has 1 heterocycles. The summed E-state index contributed by atoms with van der Waals surface area (Å²) in [6, 6.07) is 19.7. The highest BCUT2D eigenvalue weighted by Gasteiger charge is 2.06. The van der Waals surface area contributed by atoms with Crippen LogP contribution in [0.25, 0.3) is 22.2 Å². The van der Waals surface area contributed by atoms with Crippen LogP contribution in [0.2, 0.25) is 0 Å². The van der Waals surface area contributed by atoms with Crippen molar-refractivity contribution in [2.45, 2.75) is 19.3 Å². The number of aryl methyl sites for hydroxylation is 1. The largest absolute Gasteiger partial charge is 0.326 e. The number of benzene rings is 3. The highest BCUT2D eigenvalue weighted by Crippen LogP contribution is 2.23. The molecule has 0 saturated carbocycles. The third kappa shape index (κ3) is 4.43. The van der Waals surface area contributed by atoms with Crippen LogP contribution in [-0.4, -0.2) is 15.9 Å². The van der Waals surface area contributed by atoms with Crippen molar-refractivity contribution in [1.29, 1.82) is 0 Å². The van der Waals surface area contributed by atoms with Gasteiger partial charge in [-0.1, -0.05) is 42.5 Å². The van der Waals surface area contributed by atoms with Gasteiger partial charge in [0.05, 0.1) is 11.0 Å². The molecule has 29 heavy (non-hydrogen) atoms. The second-order valence-electron chi connectivity index (χ2n) is 6.92. The van der Waals surface area contributed by atoms with Gasteiger partial charge in [0.2, 0.25) is 5.91 Å². The Morgan fingerprint density at radius 2 is 1.69 bits per heavy atom. The first kappa shape index (κ1) is 18.7. The SMILES string of the molecule is O=C(CCCc1ccc(-c2ccccc2F)cc1)Nc1ccc2[nH]c(=O)[nH]c2c1. The van der Waals surface area contributed by atoms with Crippen molar-refractivity contribution in [3.8, 4) is 11.1 Å². The second-order valence-corrected chi connectivity index (χ2v) is 6.92. The van der Waals surface area contributed by atoms with E-state index in [0.29, 0.717) is 35.1 Å². The number of hydrogen-bond donors (Lipinski definition) is 3. The van der Waals surface area contributed by atoms with Gasteiger partial charge in [0.15, 0.2) is 0 Å². The maximum atomic E-state index is 13.9. The summed E-state index contributed by atoms with van der Waals surface area (Å²) >= 11 is 0. The van der Waals surface area contributed by atoms with E-state index >= 15 is 0 Å². The summed E-state index contributed by atoms with van der Waals surface area (Å²) in [5.41, 5.74) is 4.25. The van der Waals surface area contributed by atoms with Gasteiger partial charge in [-0.25, -0.2) is 9.18 Å². The molecule has 4 rings (SSSR count). The van der Waals surface area contributed by atoms with Crippen molar-refractivity contribution in [3.05, 3.63) is 88.6 Å². The lowest BCUT2D eigenvalue weighted by molar-refractivity contribution is -0.116. The van der Waals surface area contributed by atoms with Crippen molar-refractivity contribution in [1.82, 2.24) is 9.97 Å². The van der Waals surface area contributed by atoms with E-state index in [-0.39, 0.29) is 17.4 Å². The number of imidazole rings is 1. The fraction of sp³-hybridized carbons (Fsp3) is 0.130. The molecular formula is C23H20FN3O2. The minimum atomic E-state index is -0.274. The molecule has 0 atom stereocenters. The Kier molecular flexibility index (Phi) is 5.24. The van der Waals surface area contributed by atoms with Gasteiger partial charge < -0.3 is 15.3 Å². The molecule has 0 aliphatic carbocycles. The lowest BCUT2D eigenvalue weighted by Crippen LogP contribution is -2.11. The third-order valence-electron chi connectivity index (χ3n) is 4.81. The summed E-state index contributed by atoms with van der Waals surface area (Å²) in [6.45, 7) is 0. The van der Waals surface area contributed by atoms with Gasteiger partial charge in [-0.3, -0.25) is 4.79 Å². The molecule has 0 unspecified atom stereocenters. The highest BCUT2D eigenvalue weighted by atomic mass is 19.1. The topological polar surface area (TPSA) is 77.8 Å². The monoisotopic (exact) mass is 389 g/mol. The van der Waals surface area contributed by atoms with Gasteiger partial charge in [0.25, 0.3) is 0 Å². The van der Waals surface area contributed by atoms with Crippen LogP contribution < -0.4 is 11.0 Å². The van der Waals surface area contributed by atoms with Crippen LogP contribution in [0.5, 0.6) is 0 Å². The predicted molar refractivity (Wildman–Crippen MR) is 112 cm³/mol. The molecule has 1 amide bonds. The third-order valence-corrected chi connectivity index (χ3v) is 4.81. The number of halogens is 1. The average Bonchev–Trinajstić information content (AvgIpc) is 3.08. The molecule has 3 aromatic carbocycles. The zero-order valence-electron chi connectivity index (χ0n) is 15.7. The summed E-state index contributed by atoms with van der Waals surface area (Å²) in [7, 11) is 0. The zero-order valence-corrected chi connectivity index (χ0v) is 15.7. The van der Waals surface area contributed by atoms with Crippen LogP contribution in [-0.2, 0) is 11.2 Å². The molecular weight excluding hydrogens is 369 g/mol. The molecule has 0 aliphatic rings. The number of hydrogen-bond acceptors (Lipinski definition) is 2. The summed E-state index contributed by atoms with van der Waals surface area (Å²) < 4.78 is 13.9. The Morgan fingerprint density at radius 1 is 0.931 bits per heavy atom. The lowest BCUT2D eigenvalue weighted by Gasteiger charge is -2.07. The van der Waals surface area contributed by atoms with Crippen molar-refractivity contribution >= 4 is 22.6 Å². The lowest BCUT2D eigenvalue weighted by atomic mass is 10.0. The van der Waals surface area contributed by atoms with E-state index in [1.54, 1.807) is 30.3 Å². The molecule has 6 heteroatoms. The number of carbonyl (C=O) groups excluding carboxylic acids is 1. The number of H-pyrrole nitrogens is 2. The number of anilines is 1. The van der Waals surface area contributed by atoms with Crippen LogP contribution in [0.1, 0.15) is 18.4 Å². The van der Waals surface area contributed by atoms with E-state index in [1.807, 2.05) is 30.3 Å². The number of aromatic amines is 2. The Bertz CT molecular complexity index is 1210. The van der Waals surface area contributed by atoms with E-state index in [4.69, 9.17) is 0 Å². The van der Waals surface area contributed by atoms with E-state index in [1.165, 1.54) is 6.07 Å². The van der Waals surface area contributed by atoms with E-state index in [2.05, 4.69) is 15.3 Å². The highest BCUT2D eigenvalue weighted by molar-refractivity contribution is 5.92.